The molecule has 0 aliphatic heterocycles. The van der Waals surface area contributed by atoms with Gasteiger partial charge in [-0.05, 0) is 44.0 Å². The van der Waals surface area contributed by atoms with Crippen LogP contribution in [0.15, 0.2) is 24.3 Å². The lowest BCUT2D eigenvalue weighted by Crippen LogP contribution is -2.46. The molecule has 1 aliphatic rings. The first-order chi connectivity index (χ1) is 12.1. The smallest absolute Gasteiger partial charge is 0.251 e. The fraction of sp³-hybridized carbons (Fsp3) is 0.579. The first-order valence-electron chi connectivity index (χ1n) is 9.14. The van der Waals surface area contributed by atoms with Gasteiger partial charge in [0.15, 0.2) is 0 Å². The molecule has 1 aromatic carbocycles. The first kappa shape index (κ1) is 22.7. The van der Waals surface area contributed by atoms with Gasteiger partial charge in [0.2, 0.25) is 5.91 Å². The first-order valence-corrected chi connectivity index (χ1v) is 9.51. The zero-order valence-electron chi connectivity index (χ0n) is 15.2. The Morgan fingerprint density at radius 1 is 1.08 bits per heavy atom. The van der Waals surface area contributed by atoms with Gasteiger partial charge in [-0.2, -0.15) is 0 Å². The molecule has 1 saturated carbocycles. The molecule has 1 aromatic rings. The minimum atomic E-state index is -0.582. The fourth-order valence-electron chi connectivity index (χ4n) is 3.05. The zero-order valence-corrected chi connectivity index (χ0v) is 16.8. The number of hydrogen-bond donors (Lipinski definition) is 3. The highest BCUT2D eigenvalue weighted by Crippen LogP contribution is 2.16. The summed E-state index contributed by atoms with van der Waals surface area (Å²) >= 11 is 5.81. The molecule has 0 radical (unpaired) electrons. The van der Waals surface area contributed by atoms with Crippen LogP contribution < -0.4 is 16.0 Å². The molecular weight excluding hydrogens is 373 g/mol. The molecule has 0 bridgehead atoms. The maximum Gasteiger partial charge on any atom is 0.251 e. The third-order valence-corrected chi connectivity index (χ3v) is 4.81. The second-order valence-electron chi connectivity index (χ2n) is 6.64. The summed E-state index contributed by atoms with van der Waals surface area (Å²) < 4.78 is 0. The van der Waals surface area contributed by atoms with Gasteiger partial charge in [-0.1, -0.05) is 37.3 Å². The van der Waals surface area contributed by atoms with Crippen molar-refractivity contribution in [3.05, 3.63) is 34.9 Å². The van der Waals surface area contributed by atoms with Gasteiger partial charge in [-0.25, -0.2) is 0 Å². The van der Waals surface area contributed by atoms with Crippen molar-refractivity contribution in [2.75, 3.05) is 13.1 Å². The number of amides is 2. The van der Waals surface area contributed by atoms with Crippen LogP contribution in [0.1, 0.15) is 55.8 Å². The van der Waals surface area contributed by atoms with Crippen molar-refractivity contribution in [1.82, 2.24) is 16.0 Å². The van der Waals surface area contributed by atoms with E-state index in [-0.39, 0.29) is 24.2 Å². The Labute approximate surface area is 167 Å². The number of benzene rings is 1. The molecule has 1 fully saturated rings. The van der Waals surface area contributed by atoms with E-state index in [1.807, 2.05) is 0 Å². The molecule has 0 spiro atoms. The molecule has 1 aliphatic carbocycles. The summed E-state index contributed by atoms with van der Waals surface area (Å²) in [6.07, 6.45) is 7.69. The van der Waals surface area contributed by atoms with Crippen molar-refractivity contribution in [1.29, 1.82) is 0 Å². The Hall–Kier alpha value is -1.30. The van der Waals surface area contributed by atoms with E-state index in [0.717, 1.165) is 6.54 Å². The van der Waals surface area contributed by atoms with E-state index in [4.69, 9.17) is 11.6 Å². The average molecular weight is 402 g/mol. The Kier molecular flexibility index (Phi) is 10.6. The van der Waals surface area contributed by atoms with Crippen LogP contribution in [0.2, 0.25) is 5.02 Å². The van der Waals surface area contributed by atoms with Crippen molar-refractivity contribution in [2.24, 2.45) is 0 Å². The summed E-state index contributed by atoms with van der Waals surface area (Å²) in [6, 6.07) is 6.57. The fourth-order valence-corrected chi connectivity index (χ4v) is 3.17. The van der Waals surface area contributed by atoms with Crippen LogP contribution in [0.25, 0.3) is 0 Å². The Morgan fingerprint density at radius 3 is 2.31 bits per heavy atom. The van der Waals surface area contributed by atoms with Crippen LogP contribution in [-0.4, -0.2) is 37.0 Å². The van der Waals surface area contributed by atoms with Crippen molar-refractivity contribution in [3.63, 3.8) is 0 Å². The van der Waals surface area contributed by atoms with Gasteiger partial charge >= 0.3 is 0 Å². The van der Waals surface area contributed by atoms with E-state index >= 15 is 0 Å². The van der Waals surface area contributed by atoms with Crippen LogP contribution in [-0.2, 0) is 4.79 Å². The predicted molar refractivity (Wildman–Crippen MR) is 108 cm³/mol. The molecule has 0 aromatic heterocycles. The van der Waals surface area contributed by atoms with Gasteiger partial charge in [-0.3, -0.25) is 9.59 Å². The highest BCUT2D eigenvalue weighted by Gasteiger charge is 2.16. The van der Waals surface area contributed by atoms with E-state index in [1.165, 1.54) is 38.5 Å². The maximum atomic E-state index is 12.1. The van der Waals surface area contributed by atoms with E-state index in [9.17, 15) is 9.59 Å². The van der Waals surface area contributed by atoms with Crippen LogP contribution in [0, 0.1) is 0 Å². The Balaban J connectivity index is 0.00000338. The highest BCUT2D eigenvalue weighted by molar-refractivity contribution is 6.30. The van der Waals surface area contributed by atoms with Gasteiger partial charge in [0.25, 0.3) is 5.91 Å². The molecule has 1 atom stereocenters. The number of carbonyl (C=O) groups excluding carboxylic acids is 2. The molecule has 0 heterocycles. The molecule has 2 amide bonds. The minimum Gasteiger partial charge on any atom is -0.353 e. The monoisotopic (exact) mass is 401 g/mol. The van der Waals surface area contributed by atoms with Crippen molar-refractivity contribution < 1.29 is 9.59 Å². The van der Waals surface area contributed by atoms with Crippen LogP contribution in [0.5, 0.6) is 0 Å². The molecule has 5 nitrogen and oxygen atoms in total. The third-order valence-electron chi connectivity index (χ3n) is 4.56. The molecule has 3 N–H and O–H groups in total. The normalized spacial score (nSPS) is 16.1. The quantitative estimate of drug-likeness (QED) is 0.484. The summed E-state index contributed by atoms with van der Waals surface area (Å²) in [5.74, 6) is -0.458. The molecule has 7 heteroatoms. The van der Waals surface area contributed by atoms with Crippen molar-refractivity contribution in [2.45, 2.75) is 57.5 Å². The maximum absolute atomic E-state index is 12.1. The van der Waals surface area contributed by atoms with Crippen molar-refractivity contribution in [3.8, 4) is 0 Å². The topological polar surface area (TPSA) is 70.2 Å². The lowest BCUT2D eigenvalue weighted by Gasteiger charge is -2.18. The standard InChI is InChI=1S/C19H28ClN3O2.ClH/c1-14(23-19(25)15-8-10-16(20)11-9-15)18(24)22-13-12-21-17-6-4-2-3-5-7-17;/h8-11,14,17,21H,2-7,12-13H2,1H3,(H,22,24)(H,23,25);1H. The van der Waals surface area contributed by atoms with Crippen LogP contribution >= 0.6 is 24.0 Å². The van der Waals surface area contributed by atoms with Gasteiger partial charge < -0.3 is 16.0 Å². The zero-order chi connectivity index (χ0) is 18.1. The predicted octanol–water partition coefficient (Wildman–Crippen LogP) is 3.31. The van der Waals surface area contributed by atoms with Crippen LogP contribution in [0.3, 0.4) is 0 Å². The number of rotatable bonds is 7. The third kappa shape index (κ3) is 7.94. The summed E-state index contributed by atoms with van der Waals surface area (Å²) in [5.41, 5.74) is 0.485. The summed E-state index contributed by atoms with van der Waals surface area (Å²) in [5, 5.41) is 9.65. The summed E-state index contributed by atoms with van der Waals surface area (Å²) in [6.45, 7) is 3.01. The molecular formula is C19H29Cl2N3O2. The highest BCUT2D eigenvalue weighted by atomic mass is 35.5. The van der Waals surface area contributed by atoms with E-state index in [0.29, 0.717) is 23.2 Å². The largest absolute Gasteiger partial charge is 0.353 e. The van der Waals surface area contributed by atoms with E-state index < -0.39 is 6.04 Å². The Bertz CT molecular complexity index is 558. The average Bonchev–Trinajstić information content (AvgIpc) is 2.87. The molecule has 2 rings (SSSR count). The summed E-state index contributed by atoms with van der Waals surface area (Å²) in [7, 11) is 0. The minimum absolute atomic E-state index is 0. The number of carbonyl (C=O) groups is 2. The van der Waals surface area contributed by atoms with Gasteiger partial charge in [-0.15, -0.1) is 12.4 Å². The Morgan fingerprint density at radius 2 is 1.69 bits per heavy atom. The van der Waals surface area contributed by atoms with Gasteiger partial charge in [0, 0.05) is 29.7 Å². The molecule has 1 unspecified atom stereocenters. The van der Waals surface area contributed by atoms with Gasteiger partial charge in [0.1, 0.15) is 6.04 Å². The summed E-state index contributed by atoms with van der Waals surface area (Å²) in [4.78, 5) is 24.2. The second kappa shape index (κ2) is 12.2. The SMILES string of the molecule is CC(NC(=O)c1ccc(Cl)cc1)C(=O)NCCNC1CCCCCC1.Cl. The second-order valence-corrected chi connectivity index (χ2v) is 7.07. The van der Waals surface area contributed by atoms with Gasteiger partial charge in [0.05, 0.1) is 0 Å². The molecule has 146 valence electrons. The lowest BCUT2D eigenvalue weighted by molar-refractivity contribution is -0.122. The van der Waals surface area contributed by atoms with Crippen LogP contribution in [0.4, 0.5) is 0 Å². The molecule has 0 saturated heterocycles. The lowest BCUT2D eigenvalue weighted by atomic mass is 10.1. The van der Waals surface area contributed by atoms with Crippen molar-refractivity contribution >= 4 is 35.8 Å². The number of hydrogen-bond acceptors (Lipinski definition) is 3. The number of nitrogens with one attached hydrogen (secondary N) is 3. The number of halogens is 2. The molecule has 26 heavy (non-hydrogen) atoms. The van der Waals surface area contributed by atoms with E-state index in [2.05, 4.69) is 16.0 Å². The van der Waals surface area contributed by atoms with E-state index in [1.54, 1.807) is 31.2 Å².